The number of aromatic nitrogens is 6. The normalized spacial score (nSPS) is 26.3. The molecule has 2 saturated carbocycles. The van der Waals surface area contributed by atoms with E-state index in [2.05, 4.69) is 25.0 Å². The maximum Gasteiger partial charge on any atom is 0.181 e. The molecule has 3 aliphatic rings. The molecule has 2 aliphatic carbocycles. The van der Waals surface area contributed by atoms with E-state index in [1.54, 1.807) is 6.92 Å². The molecule has 35 heavy (non-hydrogen) atoms. The molecule has 0 aromatic carbocycles. The van der Waals surface area contributed by atoms with E-state index >= 15 is 0 Å². The molecule has 4 heterocycles. The third kappa shape index (κ3) is 6.78. The molecule has 0 radical (unpaired) electrons. The zero-order valence-corrected chi connectivity index (χ0v) is 20.9. The highest BCUT2D eigenvalue weighted by Crippen LogP contribution is 2.39. The van der Waals surface area contributed by atoms with E-state index in [0.29, 0.717) is 16.9 Å². The third-order valence-electron chi connectivity index (χ3n) is 6.98. The van der Waals surface area contributed by atoms with Crippen LogP contribution in [0.5, 0.6) is 0 Å². The first-order valence-electron chi connectivity index (χ1n) is 12.7. The Bertz CT molecular complexity index is 1050. The lowest BCUT2D eigenvalue weighted by molar-refractivity contribution is 0.0748. The summed E-state index contributed by atoms with van der Waals surface area (Å²) in [6.45, 7) is 7.34. The lowest BCUT2D eigenvalue weighted by atomic mass is 9.78. The minimum atomic E-state index is -1.15. The van der Waals surface area contributed by atoms with Gasteiger partial charge >= 0.3 is 0 Å². The molecule has 7 nitrogen and oxygen atoms in total. The summed E-state index contributed by atoms with van der Waals surface area (Å²) in [5.41, 5.74) is 3.27. The van der Waals surface area contributed by atoms with Crippen LogP contribution in [0, 0.1) is 19.8 Å². The molecule has 0 N–H and O–H groups in total. The summed E-state index contributed by atoms with van der Waals surface area (Å²) in [5, 5.41) is 4.09. The first-order valence-corrected chi connectivity index (χ1v) is 12.7. The maximum atomic E-state index is 14.0. The number of fused-ring (bicyclic) bond motifs is 1. The molecule has 1 aliphatic heterocycles. The van der Waals surface area contributed by atoms with Gasteiger partial charge in [0.15, 0.2) is 5.65 Å². The molecule has 0 spiro atoms. The van der Waals surface area contributed by atoms with Crippen molar-refractivity contribution in [3.8, 4) is 0 Å². The van der Waals surface area contributed by atoms with Gasteiger partial charge in [-0.1, -0.05) is 6.92 Å². The molecule has 0 bridgehead atoms. The molecule has 9 heteroatoms. The number of nitrogens with zero attached hydrogens (tertiary/aromatic N) is 6. The van der Waals surface area contributed by atoms with Crippen LogP contribution in [0.15, 0.2) is 24.8 Å². The second-order valence-electron chi connectivity index (χ2n) is 9.78. The van der Waals surface area contributed by atoms with Crippen molar-refractivity contribution in [2.75, 3.05) is 13.2 Å². The van der Waals surface area contributed by atoms with E-state index in [1.807, 2.05) is 37.0 Å². The average molecular weight is 487 g/mol. The minimum Gasteiger partial charge on any atom is -0.381 e. The van der Waals surface area contributed by atoms with Crippen LogP contribution >= 0.6 is 0 Å². The molecule has 2 atom stereocenters. The molecule has 190 valence electrons. The molecule has 6 rings (SSSR count). The number of ether oxygens (including phenoxy) is 1. The summed E-state index contributed by atoms with van der Waals surface area (Å²) >= 11 is 0. The summed E-state index contributed by atoms with van der Waals surface area (Å²) < 4.78 is 35.1. The average Bonchev–Trinajstić information content (AvgIpc) is 3.58. The number of halogens is 2. The zero-order valence-electron chi connectivity index (χ0n) is 20.9. The first-order chi connectivity index (χ1) is 16.9. The van der Waals surface area contributed by atoms with Crippen molar-refractivity contribution in [2.24, 2.45) is 5.92 Å². The van der Waals surface area contributed by atoms with E-state index in [-0.39, 0.29) is 18.8 Å². The first kappa shape index (κ1) is 25.5. The number of aryl methyl sites for hydroxylation is 2. The third-order valence-corrected chi connectivity index (χ3v) is 6.98. The second-order valence-corrected chi connectivity index (χ2v) is 9.78. The smallest absolute Gasteiger partial charge is 0.181 e. The van der Waals surface area contributed by atoms with Gasteiger partial charge in [0.05, 0.1) is 23.1 Å². The lowest BCUT2D eigenvalue weighted by Crippen LogP contribution is -2.33. The van der Waals surface area contributed by atoms with Gasteiger partial charge in [0.2, 0.25) is 0 Å². The fourth-order valence-corrected chi connectivity index (χ4v) is 4.40. The van der Waals surface area contributed by atoms with E-state index in [9.17, 15) is 8.78 Å². The van der Waals surface area contributed by atoms with Gasteiger partial charge in [0.1, 0.15) is 24.2 Å². The van der Waals surface area contributed by atoms with Crippen LogP contribution < -0.4 is 0 Å². The quantitative estimate of drug-likeness (QED) is 0.467. The largest absolute Gasteiger partial charge is 0.381 e. The fraction of sp³-hybridized carbons (Fsp3) is 0.654. The summed E-state index contributed by atoms with van der Waals surface area (Å²) in [7, 11) is 0. The summed E-state index contributed by atoms with van der Waals surface area (Å²) in [6.07, 6.45) is 10.1. The van der Waals surface area contributed by atoms with Crippen molar-refractivity contribution >= 4 is 11.2 Å². The minimum absolute atomic E-state index is 0.270. The van der Waals surface area contributed by atoms with Crippen molar-refractivity contribution < 1.29 is 13.5 Å². The zero-order chi connectivity index (χ0) is 24.8. The Labute approximate surface area is 205 Å². The second kappa shape index (κ2) is 11.9. The SMILES string of the molecule is C1CCOCC1.Cc1nc2ncnc(C3CC(F)C(C)C(F)C3)c2nc1C.c1cnn(C2CC2)c1. The van der Waals surface area contributed by atoms with Crippen molar-refractivity contribution in [1.82, 2.24) is 29.7 Å². The Kier molecular flexibility index (Phi) is 8.70. The van der Waals surface area contributed by atoms with Crippen LogP contribution in [0.3, 0.4) is 0 Å². The summed E-state index contributed by atoms with van der Waals surface area (Å²) in [6, 6.07) is 2.71. The maximum absolute atomic E-state index is 14.0. The van der Waals surface area contributed by atoms with Gasteiger partial charge in [-0.25, -0.2) is 28.7 Å². The van der Waals surface area contributed by atoms with Gasteiger partial charge in [0.25, 0.3) is 0 Å². The van der Waals surface area contributed by atoms with Crippen LogP contribution in [-0.4, -0.2) is 55.3 Å². The lowest BCUT2D eigenvalue weighted by Gasteiger charge is -2.32. The molecule has 0 amide bonds. The number of hydrogen-bond donors (Lipinski definition) is 0. The Hall–Kier alpha value is -2.55. The molecule has 3 aromatic rings. The summed E-state index contributed by atoms with van der Waals surface area (Å²) in [4.78, 5) is 17.2. The number of alkyl halides is 2. The molecule has 2 unspecified atom stereocenters. The summed E-state index contributed by atoms with van der Waals surface area (Å²) in [5.74, 6) is -0.822. The van der Waals surface area contributed by atoms with Crippen molar-refractivity contribution in [3.63, 3.8) is 0 Å². The highest BCUT2D eigenvalue weighted by Gasteiger charge is 2.37. The topological polar surface area (TPSA) is 78.6 Å². The monoisotopic (exact) mass is 486 g/mol. The van der Waals surface area contributed by atoms with E-state index < -0.39 is 18.3 Å². The molecular formula is C26H36F2N6O. The van der Waals surface area contributed by atoms with Gasteiger partial charge < -0.3 is 4.74 Å². The number of hydrogen-bond acceptors (Lipinski definition) is 6. The van der Waals surface area contributed by atoms with Gasteiger partial charge in [-0.2, -0.15) is 5.10 Å². The fourth-order valence-electron chi connectivity index (χ4n) is 4.40. The predicted molar refractivity (Wildman–Crippen MR) is 131 cm³/mol. The van der Waals surface area contributed by atoms with Gasteiger partial charge in [-0.3, -0.25) is 4.68 Å². The Balaban J connectivity index is 0.000000166. The van der Waals surface area contributed by atoms with Crippen LogP contribution in [0.25, 0.3) is 11.2 Å². The number of rotatable bonds is 2. The predicted octanol–water partition coefficient (Wildman–Crippen LogP) is 5.63. The highest BCUT2D eigenvalue weighted by molar-refractivity contribution is 5.73. The van der Waals surface area contributed by atoms with Crippen molar-refractivity contribution in [3.05, 3.63) is 41.9 Å². The van der Waals surface area contributed by atoms with E-state index in [0.717, 1.165) is 30.6 Å². The molecular weight excluding hydrogens is 450 g/mol. The van der Waals surface area contributed by atoms with Crippen LogP contribution in [0.2, 0.25) is 0 Å². The van der Waals surface area contributed by atoms with Crippen LogP contribution in [0.4, 0.5) is 8.78 Å². The Morgan fingerprint density at radius 3 is 2.17 bits per heavy atom. The van der Waals surface area contributed by atoms with Crippen molar-refractivity contribution in [2.45, 2.75) is 90.0 Å². The highest BCUT2D eigenvalue weighted by atomic mass is 19.1. The van der Waals surface area contributed by atoms with Crippen LogP contribution in [-0.2, 0) is 4.74 Å². The van der Waals surface area contributed by atoms with Gasteiger partial charge in [-0.05, 0) is 64.9 Å². The van der Waals surface area contributed by atoms with Gasteiger partial charge in [0, 0.05) is 37.4 Å². The van der Waals surface area contributed by atoms with Crippen molar-refractivity contribution in [1.29, 1.82) is 0 Å². The van der Waals surface area contributed by atoms with E-state index in [1.165, 1.54) is 38.4 Å². The Morgan fingerprint density at radius 2 is 1.63 bits per heavy atom. The van der Waals surface area contributed by atoms with Gasteiger partial charge in [-0.15, -0.1) is 0 Å². The van der Waals surface area contributed by atoms with Crippen LogP contribution in [0.1, 0.15) is 80.9 Å². The van der Waals surface area contributed by atoms with E-state index in [4.69, 9.17) is 4.74 Å². The molecule has 3 fully saturated rings. The Morgan fingerprint density at radius 1 is 0.943 bits per heavy atom. The standard InChI is InChI=1S/C15H18F2N4.C6H8N2.C5H10O/c1-7-11(16)4-10(5-12(7)17)13-14-15(19-6-18-13)21-9(3)8(2)20-14;1-4-7-8(5-1)6-2-3-6;1-2-4-6-5-3-1/h6-7,10-12H,4-5H2,1-3H3;1,4-6H,2-3H2;1-5H2. The molecule has 3 aromatic heterocycles. The molecule has 1 saturated heterocycles.